The van der Waals surface area contributed by atoms with E-state index in [1.54, 1.807) is 0 Å². The molecule has 2 heteroatoms. The highest BCUT2D eigenvalue weighted by Crippen LogP contribution is 2.18. The number of halogens is 1. The molecule has 0 aromatic heterocycles. The van der Waals surface area contributed by atoms with E-state index in [1.807, 2.05) is 0 Å². The number of rotatable bonds is 9. The predicted octanol–water partition coefficient (Wildman–Crippen LogP) is 5.85. The maximum absolute atomic E-state index is 3.69. The molecular formula is C17H28BrN. The lowest BCUT2D eigenvalue weighted by Gasteiger charge is -2.20. The fourth-order valence-electron chi connectivity index (χ4n) is 2.41. The van der Waals surface area contributed by atoms with Gasteiger partial charge in [0.2, 0.25) is 0 Å². The molecule has 1 aromatic rings. The first-order valence-corrected chi connectivity index (χ1v) is 8.44. The fourth-order valence-corrected chi connectivity index (χ4v) is 2.68. The number of hydrogen-bond donors (Lipinski definition) is 1. The van der Waals surface area contributed by atoms with Crippen LogP contribution < -0.4 is 5.32 Å². The molecule has 1 unspecified atom stereocenters. The molecule has 0 aliphatic rings. The van der Waals surface area contributed by atoms with Crippen molar-refractivity contribution in [3.05, 3.63) is 34.3 Å². The normalized spacial score (nSPS) is 14.3. The summed E-state index contributed by atoms with van der Waals surface area (Å²) in [6, 6.07) is 9.64. The Morgan fingerprint density at radius 3 is 2.26 bits per heavy atom. The molecule has 2 atom stereocenters. The van der Waals surface area contributed by atoms with Crippen molar-refractivity contribution in [2.45, 2.75) is 71.4 Å². The van der Waals surface area contributed by atoms with Crippen molar-refractivity contribution < 1.29 is 0 Å². The minimum Gasteiger partial charge on any atom is -0.308 e. The van der Waals surface area contributed by atoms with Crippen LogP contribution in [0.1, 0.15) is 70.9 Å². The van der Waals surface area contributed by atoms with E-state index >= 15 is 0 Å². The minimum atomic E-state index is 0.429. The van der Waals surface area contributed by atoms with Gasteiger partial charge in [-0.05, 0) is 38.0 Å². The van der Waals surface area contributed by atoms with Gasteiger partial charge in [0, 0.05) is 16.6 Å². The molecule has 0 heterocycles. The van der Waals surface area contributed by atoms with Crippen LogP contribution in [0.25, 0.3) is 0 Å². The molecule has 108 valence electrons. The highest BCUT2D eigenvalue weighted by Gasteiger charge is 2.08. The molecule has 19 heavy (non-hydrogen) atoms. The highest BCUT2D eigenvalue weighted by atomic mass is 79.9. The van der Waals surface area contributed by atoms with Gasteiger partial charge in [0.05, 0.1) is 0 Å². The molecular weight excluding hydrogens is 298 g/mol. The second-order valence-corrected chi connectivity index (χ2v) is 6.46. The van der Waals surface area contributed by atoms with Crippen molar-refractivity contribution >= 4 is 15.9 Å². The molecule has 1 rings (SSSR count). The summed E-state index contributed by atoms with van der Waals surface area (Å²) in [5, 5.41) is 3.69. The third-order valence-corrected chi connectivity index (χ3v) is 4.17. The smallest absolute Gasteiger partial charge is 0.0294 e. The summed E-state index contributed by atoms with van der Waals surface area (Å²) < 4.78 is 1.15. The van der Waals surface area contributed by atoms with Crippen LogP contribution in [0.3, 0.4) is 0 Å². The molecule has 1 aromatic carbocycles. The summed E-state index contributed by atoms with van der Waals surface area (Å²) >= 11 is 3.48. The van der Waals surface area contributed by atoms with Crippen molar-refractivity contribution in [2.24, 2.45) is 0 Å². The molecule has 0 aliphatic heterocycles. The van der Waals surface area contributed by atoms with E-state index in [4.69, 9.17) is 0 Å². The Morgan fingerprint density at radius 2 is 1.63 bits per heavy atom. The Labute approximate surface area is 127 Å². The van der Waals surface area contributed by atoms with Crippen molar-refractivity contribution in [1.82, 2.24) is 5.32 Å². The van der Waals surface area contributed by atoms with Gasteiger partial charge >= 0.3 is 0 Å². The van der Waals surface area contributed by atoms with Gasteiger partial charge in [-0.2, -0.15) is 0 Å². The Kier molecular flexibility index (Phi) is 8.40. The lowest BCUT2D eigenvalue weighted by Crippen LogP contribution is -2.28. The summed E-state index contributed by atoms with van der Waals surface area (Å²) in [5.74, 6) is 0. The summed E-state index contributed by atoms with van der Waals surface area (Å²) in [7, 11) is 0. The third kappa shape index (κ3) is 7.12. The van der Waals surface area contributed by atoms with E-state index in [9.17, 15) is 0 Å². The molecule has 1 nitrogen and oxygen atoms in total. The van der Waals surface area contributed by atoms with Crippen LogP contribution in [0.5, 0.6) is 0 Å². The van der Waals surface area contributed by atoms with Gasteiger partial charge in [-0.1, -0.05) is 67.1 Å². The van der Waals surface area contributed by atoms with Gasteiger partial charge in [0.25, 0.3) is 0 Å². The zero-order valence-corrected chi connectivity index (χ0v) is 14.2. The van der Waals surface area contributed by atoms with Crippen LogP contribution in [0.4, 0.5) is 0 Å². The van der Waals surface area contributed by atoms with Crippen LogP contribution in [0.2, 0.25) is 0 Å². The van der Waals surface area contributed by atoms with Crippen molar-refractivity contribution in [3.63, 3.8) is 0 Å². The van der Waals surface area contributed by atoms with Gasteiger partial charge in [-0.15, -0.1) is 0 Å². The Bertz CT molecular complexity index is 334. The quantitative estimate of drug-likeness (QED) is 0.561. The van der Waals surface area contributed by atoms with Crippen molar-refractivity contribution in [3.8, 4) is 0 Å². The molecule has 1 N–H and O–H groups in total. The molecule has 0 fully saturated rings. The highest BCUT2D eigenvalue weighted by molar-refractivity contribution is 9.10. The lowest BCUT2D eigenvalue weighted by atomic mass is 10.0. The third-order valence-electron chi connectivity index (χ3n) is 3.65. The molecule has 0 amide bonds. The largest absolute Gasteiger partial charge is 0.308 e. The molecule has 0 saturated heterocycles. The number of unbranched alkanes of at least 4 members (excludes halogenated alkanes) is 4. The first-order valence-electron chi connectivity index (χ1n) is 7.65. The van der Waals surface area contributed by atoms with Gasteiger partial charge in [-0.3, -0.25) is 0 Å². The zero-order valence-electron chi connectivity index (χ0n) is 12.6. The standard InChI is InChI=1S/C17H28BrN/c1-4-5-6-7-8-9-14(2)19-15(3)16-10-12-17(18)13-11-16/h10-15,19H,4-9H2,1-3H3/t14?,15-/m1/s1. The van der Waals surface area contributed by atoms with E-state index in [-0.39, 0.29) is 0 Å². The van der Waals surface area contributed by atoms with E-state index in [1.165, 1.54) is 44.1 Å². The first kappa shape index (κ1) is 16.7. The number of hydrogen-bond acceptors (Lipinski definition) is 1. The molecule has 0 radical (unpaired) electrons. The number of nitrogens with one attached hydrogen (secondary N) is 1. The first-order chi connectivity index (χ1) is 9.13. The number of benzene rings is 1. The van der Waals surface area contributed by atoms with Gasteiger partial charge in [-0.25, -0.2) is 0 Å². The second-order valence-electron chi connectivity index (χ2n) is 5.54. The van der Waals surface area contributed by atoms with Crippen LogP contribution in [0, 0.1) is 0 Å². The maximum Gasteiger partial charge on any atom is 0.0294 e. The summed E-state index contributed by atoms with van der Waals surface area (Å²) in [5.41, 5.74) is 1.36. The minimum absolute atomic E-state index is 0.429. The molecule has 0 aliphatic carbocycles. The topological polar surface area (TPSA) is 12.0 Å². The maximum atomic E-state index is 3.69. The van der Waals surface area contributed by atoms with Crippen LogP contribution >= 0.6 is 15.9 Å². The van der Waals surface area contributed by atoms with E-state index in [2.05, 4.69) is 66.3 Å². The Morgan fingerprint density at radius 1 is 1.00 bits per heavy atom. The average molecular weight is 326 g/mol. The Balaban J connectivity index is 2.23. The van der Waals surface area contributed by atoms with Gasteiger partial charge in [0.1, 0.15) is 0 Å². The lowest BCUT2D eigenvalue weighted by molar-refractivity contribution is 0.436. The monoisotopic (exact) mass is 325 g/mol. The fraction of sp³-hybridized carbons (Fsp3) is 0.647. The van der Waals surface area contributed by atoms with Gasteiger partial charge < -0.3 is 5.32 Å². The van der Waals surface area contributed by atoms with E-state index < -0.39 is 0 Å². The average Bonchev–Trinajstić information content (AvgIpc) is 2.39. The summed E-state index contributed by atoms with van der Waals surface area (Å²) in [4.78, 5) is 0. The summed E-state index contributed by atoms with van der Waals surface area (Å²) in [6.07, 6.45) is 8.12. The van der Waals surface area contributed by atoms with E-state index in [0.29, 0.717) is 12.1 Å². The molecule has 0 saturated carbocycles. The Hall–Kier alpha value is -0.340. The van der Waals surface area contributed by atoms with Crippen LogP contribution in [0.15, 0.2) is 28.7 Å². The zero-order chi connectivity index (χ0) is 14.1. The van der Waals surface area contributed by atoms with Crippen molar-refractivity contribution in [2.75, 3.05) is 0 Å². The van der Waals surface area contributed by atoms with Crippen LogP contribution in [-0.2, 0) is 0 Å². The van der Waals surface area contributed by atoms with Crippen LogP contribution in [-0.4, -0.2) is 6.04 Å². The predicted molar refractivity (Wildman–Crippen MR) is 88.5 cm³/mol. The molecule has 0 spiro atoms. The second kappa shape index (κ2) is 9.55. The van der Waals surface area contributed by atoms with E-state index in [0.717, 1.165) is 4.47 Å². The van der Waals surface area contributed by atoms with Gasteiger partial charge in [0.15, 0.2) is 0 Å². The SMILES string of the molecule is CCCCCCCC(C)N[C@H](C)c1ccc(Br)cc1. The van der Waals surface area contributed by atoms with Crippen molar-refractivity contribution in [1.29, 1.82) is 0 Å². The summed E-state index contributed by atoms with van der Waals surface area (Å²) in [6.45, 7) is 6.82. The molecule has 0 bridgehead atoms.